The third-order valence-corrected chi connectivity index (χ3v) is 5.71. The summed E-state index contributed by atoms with van der Waals surface area (Å²) in [5.74, 6) is 5.29. The number of nitrogens with one attached hydrogen (secondary N) is 2. The third-order valence-electron chi connectivity index (χ3n) is 4.77. The summed E-state index contributed by atoms with van der Waals surface area (Å²) in [5.41, 5.74) is 5.03. The molecule has 192 valence electrons. The molecule has 3 aromatic rings. The van der Waals surface area contributed by atoms with Crippen LogP contribution in [-0.4, -0.2) is 52.2 Å². The predicted molar refractivity (Wildman–Crippen MR) is 134 cm³/mol. The number of nitrogen functional groups attached to an aromatic ring is 1. The lowest BCUT2D eigenvalue weighted by Crippen LogP contribution is -2.21. The monoisotopic (exact) mass is 522 g/mol. The van der Waals surface area contributed by atoms with E-state index < -0.39 is 12.3 Å². The van der Waals surface area contributed by atoms with E-state index in [1.165, 1.54) is 12.1 Å². The van der Waals surface area contributed by atoms with E-state index in [4.69, 9.17) is 5.84 Å². The van der Waals surface area contributed by atoms with Crippen LogP contribution in [0.1, 0.15) is 19.4 Å². The minimum Gasteiger partial charge on any atom is -0.406 e. The lowest BCUT2D eigenvalue weighted by atomic mass is 10.2. The molecule has 1 amide bonds. The molecule has 4 N–H and O–H groups in total. The lowest BCUT2D eigenvalue weighted by Gasteiger charge is -2.20. The Morgan fingerprint density at radius 2 is 1.81 bits per heavy atom. The first-order valence-electron chi connectivity index (χ1n) is 10.8. The molecule has 0 bridgehead atoms. The third kappa shape index (κ3) is 7.80. The van der Waals surface area contributed by atoms with E-state index >= 15 is 0 Å². The number of hydrogen-bond acceptors (Lipinski definition) is 9. The van der Waals surface area contributed by atoms with Crippen molar-refractivity contribution in [1.82, 2.24) is 14.9 Å². The highest BCUT2D eigenvalue weighted by molar-refractivity contribution is 7.99. The zero-order chi connectivity index (χ0) is 26.1. The summed E-state index contributed by atoms with van der Waals surface area (Å²) in [6, 6.07) is 12.7. The van der Waals surface area contributed by atoms with Crippen LogP contribution in [0.3, 0.4) is 0 Å². The molecule has 0 aliphatic carbocycles. The van der Waals surface area contributed by atoms with Crippen molar-refractivity contribution >= 4 is 41.2 Å². The van der Waals surface area contributed by atoms with Crippen LogP contribution in [0.4, 0.5) is 30.5 Å². The fourth-order valence-electron chi connectivity index (χ4n) is 3.04. The number of nitrogens with two attached hydrogens (primary N) is 1. The largest absolute Gasteiger partial charge is 0.573 e. The molecular weight excluding hydrogens is 497 g/mol. The summed E-state index contributed by atoms with van der Waals surface area (Å²) in [6.07, 6.45) is -3.17. The van der Waals surface area contributed by atoms with Gasteiger partial charge in [-0.3, -0.25) is 4.79 Å². The van der Waals surface area contributed by atoms with E-state index in [2.05, 4.69) is 49.5 Å². The van der Waals surface area contributed by atoms with Crippen LogP contribution in [0.15, 0.2) is 58.8 Å². The number of carbonyl (C=O) groups excluding carboxylic acids is 1. The molecule has 0 fully saturated rings. The number of alkyl halides is 3. The van der Waals surface area contributed by atoms with Crippen LogP contribution in [0.2, 0.25) is 0 Å². The summed E-state index contributed by atoms with van der Waals surface area (Å²) in [5, 5.41) is 14.8. The van der Waals surface area contributed by atoms with Crippen molar-refractivity contribution in [3.05, 3.63) is 54.1 Å². The highest BCUT2D eigenvalue weighted by atomic mass is 32.2. The number of nitrogens with zero attached hydrogens (tertiary/aromatic N) is 5. The van der Waals surface area contributed by atoms with Gasteiger partial charge in [0.15, 0.2) is 0 Å². The van der Waals surface area contributed by atoms with Crippen molar-refractivity contribution in [2.24, 2.45) is 5.10 Å². The van der Waals surface area contributed by atoms with E-state index in [9.17, 15) is 18.0 Å². The highest BCUT2D eigenvalue weighted by Crippen LogP contribution is 2.24. The van der Waals surface area contributed by atoms with Gasteiger partial charge in [0.25, 0.3) is 5.95 Å². The minimum atomic E-state index is -4.78. The first-order chi connectivity index (χ1) is 17.2. The van der Waals surface area contributed by atoms with Gasteiger partial charge in [0.05, 0.1) is 12.0 Å². The molecule has 1 aromatic heterocycles. The molecule has 0 aliphatic rings. The number of halogens is 3. The highest BCUT2D eigenvalue weighted by Gasteiger charge is 2.31. The Bertz CT molecular complexity index is 1160. The van der Waals surface area contributed by atoms with Crippen molar-refractivity contribution < 1.29 is 22.7 Å². The molecule has 0 unspecified atom stereocenters. The van der Waals surface area contributed by atoms with Crippen molar-refractivity contribution in [3.8, 4) is 5.75 Å². The molecule has 0 spiro atoms. The molecule has 10 nitrogen and oxygen atoms in total. The summed E-state index contributed by atoms with van der Waals surface area (Å²) in [4.78, 5) is 14.4. The normalized spacial score (nSPS) is 11.5. The van der Waals surface area contributed by atoms with Crippen molar-refractivity contribution in [2.45, 2.75) is 25.4 Å². The lowest BCUT2D eigenvalue weighted by molar-refractivity contribution is -0.274. The predicted octanol–water partition coefficient (Wildman–Crippen LogP) is 3.91. The maximum Gasteiger partial charge on any atom is 0.573 e. The smallest absolute Gasteiger partial charge is 0.406 e. The van der Waals surface area contributed by atoms with Crippen LogP contribution < -0.4 is 26.2 Å². The molecule has 0 aliphatic heterocycles. The van der Waals surface area contributed by atoms with Gasteiger partial charge in [0.2, 0.25) is 11.1 Å². The van der Waals surface area contributed by atoms with Crippen LogP contribution in [0.25, 0.3) is 0 Å². The fourth-order valence-corrected chi connectivity index (χ4v) is 3.70. The maximum absolute atomic E-state index is 12.2. The molecule has 0 atom stereocenters. The molecule has 0 saturated carbocycles. The van der Waals surface area contributed by atoms with Crippen molar-refractivity contribution in [2.75, 3.05) is 40.3 Å². The molecule has 3 rings (SSSR count). The van der Waals surface area contributed by atoms with E-state index in [1.54, 1.807) is 6.21 Å². The number of hydrogen-bond donors (Lipinski definition) is 3. The van der Waals surface area contributed by atoms with Crippen LogP contribution >= 0.6 is 11.8 Å². The summed E-state index contributed by atoms with van der Waals surface area (Å²) >= 11 is 1.03. The average Bonchev–Trinajstić information content (AvgIpc) is 3.19. The number of amides is 1. The molecule has 0 saturated heterocycles. The SMILES string of the molecule is CCN(CC)c1ccc(/C=N/Nc2nnc(SCC(=O)Nc3ccc(OC(F)(F)F)cc3)n2N)cc1. The second kappa shape index (κ2) is 12.2. The van der Waals surface area contributed by atoms with Gasteiger partial charge in [0.1, 0.15) is 5.75 Å². The minimum absolute atomic E-state index is 0.0573. The number of ether oxygens (including phenoxy) is 1. The zero-order valence-corrected chi connectivity index (χ0v) is 20.3. The quantitative estimate of drug-likeness (QED) is 0.150. The van der Waals surface area contributed by atoms with Gasteiger partial charge >= 0.3 is 6.36 Å². The van der Waals surface area contributed by atoms with Gasteiger partial charge < -0.3 is 20.8 Å². The Hall–Kier alpha value is -3.94. The molecule has 36 heavy (non-hydrogen) atoms. The van der Waals surface area contributed by atoms with Gasteiger partial charge in [0, 0.05) is 24.5 Å². The first kappa shape index (κ1) is 26.7. The van der Waals surface area contributed by atoms with Crippen molar-refractivity contribution in [1.29, 1.82) is 0 Å². The van der Waals surface area contributed by atoms with E-state index in [1.807, 2.05) is 24.3 Å². The molecular formula is C22H25F3N8O2S. The second-order valence-corrected chi connectivity index (χ2v) is 8.16. The van der Waals surface area contributed by atoms with Gasteiger partial charge in [-0.25, -0.2) is 10.1 Å². The Kier molecular flexibility index (Phi) is 9.00. The second-order valence-electron chi connectivity index (χ2n) is 7.22. The summed E-state index contributed by atoms with van der Waals surface area (Å²) < 4.78 is 41.6. The number of anilines is 3. The van der Waals surface area contributed by atoms with Gasteiger partial charge in [-0.15, -0.1) is 23.4 Å². The Labute approximate surface area is 209 Å². The summed E-state index contributed by atoms with van der Waals surface area (Å²) in [7, 11) is 0. The Morgan fingerprint density at radius 1 is 1.14 bits per heavy atom. The standard InChI is InChI=1S/C22H25F3N8O2S/c1-3-32(4-2)17-9-5-15(6-10-17)13-27-29-20-30-31-21(33(20)26)36-14-19(34)28-16-7-11-18(12-8-16)35-22(23,24)25/h5-13H,3-4,14,26H2,1-2H3,(H,28,34)(H,29,30)/b27-13+. The maximum atomic E-state index is 12.2. The van der Waals surface area contributed by atoms with Crippen LogP contribution in [0, 0.1) is 0 Å². The fraction of sp³-hybridized carbons (Fsp3) is 0.273. The number of rotatable bonds is 11. The number of thioether (sulfide) groups is 1. The van der Waals surface area contributed by atoms with Crippen LogP contribution in [-0.2, 0) is 4.79 Å². The Balaban J connectivity index is 1.48. The van der Waals surface area contributed by atoms with Crippen LogP contribution in [0.5, 0.6) is 5.75 Å². The number of hydrazone groups is 1. The summed E-state index contributed by atoms with van der Waals surface area (Å²) in [6.45, 7) is 6.05. The van der Waals surface area contributed by atoms with Crippen molar-refractivity contribution in [3.63, 3.8) is 0 Å². The zero-order valence-electron chi connectivity index (χ0n) is 19.5. The topological polar surface area (TPSA) is 123 Å². The van der Waals surface area contributed by atoms with E-state index in [0.29, 0.717) is 5.69 Å². The molecule has 2 aromatic carbocycles. The molecule has 0 radical (unpaired) electrons. The Morgan fingerprint density at radius 3 is 2.42 bits per heavy atom. The molecule has 14 heteroatoms. The average molecular weight is 523 g/mol. The first-order valence-corrected chi connectivity index (χ1v) is 11.8. The van der Waals surface area contributed by atoms with E-state index in [-0.39, 0.29) is 22.6 Å². The number of carbonyl (C=O) groups is 1. The number of benzene rings is 2. The van der Waals surface area contributed by atoms with Gasteiger partial charge in [-0.1, -0.05) is 23.9 Å². The van der Waals surface area contributed by atoms with Gasteiger partial charge in [-0.2, -0.15) is 5.10 Å². The molecule has 1 heterocycles. The van der Waals surface area contributed by atoms with Gasteiger partial charge in [-0.05, 0) is 55.8 Å². The van der Waals surface area contributed by atoms with E-state index in [0.717, 1.165) is 52.9 Å². The number of aromatic nitrogens is 3.